The Hall–Kier alpha value is -5.00. The molecular formula is C31H26Cl2N6O5. The Morgan fingerprint density at radius 1 is 0.955 bits per heavy atom. The summed E-state index contributed by atoms with van der Waals surface area (Å²) in [6.45, 7) is 3.99. The van der Waals surface area contributed by atoms with Crippen LogP contribution >= 0.6 is 23.2 Å². The molecule has 0 saturated heterocycles. The topological polar surface area (TPSA) is 133 Å². The third-order valence-corrected chi connectivity index (χ3v) is 6.99. The zero-order chi connectivity index (χ0) is 31.1. The molecule has 4 aromatic rings. The van der Waals surface area contributed by atoms with Crippen LogP contribution in [-0.4, -0.2) is 52.5 Å². The zero-order valence-corrected chi connectivity index (χ0v) is 25.2. The van der Waals surface area contributed by atoms with Crippen molar-refractivity contribution < 1.29 is 23.5 Å². The molecule has 0 amide bonds. The minimum Gasteiger partial charge on any atom is -0.462 e. The van der Waals surface area contributed by atoms with Crippen molar-refractivity contribution in [3.8, 4) is 11.3 Å². The monoisotopic (exact) mass is 632 g/mol. The van der Waals surface area contributed by atoms with Gasteiger partial charge in [0.05, 0.1) is 46.8 Å². The number of esters is 2. The third-order valence-electron chi connectivity index (χ3n) is 6.33. The first-order valence-corrected chi connectivity index (χ1v) is 14.3. The first-order chi connectivity index (χ1) is 21.4. The van der Waals surface area contributed by atoms with Crippen LogP contribution in [0.3, 0.4) is 0 Å². The molecule has 0 radical (unpaired) electrons. The van der Waals surface area contributed by atoms with E-state index in [2.05, 4.69) is 25.8 Å². The fourth-order valence-electron chi connectivity index (χ4n) is 4.22. The number of hydrogen-bond acceptors (Lipinski definition) is 10. The van der Waals surface area contributed by atoms with Crippen LogP contribution in [0.25, 0.3) is 16.9 Å². The highest BCUT2D eigenvalue weighted by Gasteiger charge is 2.17. The predicted molar refractivity (Wildman–Crippen MR) is 168 cm³/mol. The number of allylic oxidation sites excluding steroid dienone is 4. The summed E-state index contributed by atoms with van der Waals surface area (Å²) in [4.78, 5) is 24.4. The highest BCUT2D eigenvalue weighted by atomic mass is 35.5. The largest absolute Gasteiger partial charge is 0.462 e. The number of aromatic nitrogens is 3. The van der Waals surface area contributed by atoms with Crippen molar-refractivity contribution in [1.29, 1.82) is 0 Å². The molecule has 1 aliphatic rings. The lowest BCUT2D eigenvalue weighted by Crippen LogP contribution is -2.06. The second-order valence-corrected chi connectivity index (χ2v) is 10.1. The molecule has 5 rings (SSSR count). The molecule has 2 aromatic carbocycles. The highest BCUT2D eigenvalue weighted by molar-refractivity contribution is 6.34. The van der Waals surface area contributed by atoms with Crippen molar-refractivity contribution in [3.63, 3.8) is 0 Å². The van der Waals surface area contributed by atoms with Crippen molar-refractivity contribution in [2.75, 3.05) is 18.6 Å². The van der Waals surface area contributed by atoms with Crippen LogP contribution in [0.1, 0.15) is 52.3 Å². The number of rotatable bonds is 11. The molecular weight excluding hydrogens is 607 g/mol. The summed E-state index contributed by atoms with van der Waals surface area (Å²) < 4.78 is 17.5. The van der Waals surface area contributed by atoms with Gasteiger partial charge in [0.1, 0.15) is 17.8 Å². The van der Waals surface area contributed by atoms with E-state index in [1.807, 2.05) is 18.2 Å². The van der Waals surface area contributed by atoms with Gasteiger partial charge in [0.2, 0.25) is 0 Å². The normalized spacial score (nSPS) is 12.9. The maximum absolute atomic E-state index is 12.2. The molecule has 0 fully saturated rings. The fraction of sp³-hybridized carbons (Fsp3) is 0.161. The molecule has 11 nitrogen and oxygen atoms in total. The minimum absolute atomic E-state index is 0.244. The summed E-state index contributed by atoms with van der Waals surface area (Å²) in [5, 5.41) is 17.1. The SMILES string of the molecule is CCOC(=O)c1cc(C2=CC=C(/C=N\n3cnnc3N/N=C\c3ccc(-c4ccc(Cl)c(C(=O)OCC)c4)o3)C2)ccc1Cl. The number of carbonyl (C=O) groups excluding carboxylic acids is 2. The van der Waals surface area contributed by atoms with Crippen LogP contribution in [0.5, 0.6) is 0 Å². The number of nitrogens with zero attached hydrogens (tertiary/aromatic N) is 5. The number of anilines is 1. The van der Waals surface area contributed by atoms with Crippen LogP contribution in [-0.2, 0) is 9.47 Å². The first kappa shape index (κ1) is 30.5. The number of ether oxygens (including phenoxy) is 2. The Kier molecular flexibility index (Phi) is 9.68. The van der Waals surface area contributed by atoms with Gasteiger partial charge in [-0.3, -0.25) is 0 Å². The molecule has 13 heteroatoms. The van der Waals surface area contributed by atoms with Gasteiger partial charge < -0.3 is 13.9 Å². The van der Waals surface area contributed by atoms with Gasteiger partial charge >= 0.3 is 11.9 Å². The maximum Gasteiger partial charge on any atom is 0.339 e. The van der Waals surface area contributed by atoms with Crippen molar-refractivity contribution in [1.82, 2.24) is 14.9 Å². The smallest absolute Gasteiger partial charge is 0.339 e. The average Bonchev–Trinajstić information content (AvgIpc) is 3.79. The summed E-state index contributed by atoms with van der Waals surface area (Å²) in [5.41, 5.74) is 6.86. The Labute approximate surface area is 262 Å². The van der Waals surface area contributed by atoms with Crippen LogP contribution in [0.4, 0.5) is 5.95 Å². The molecule has 0 atom stereocenters. The standard InChI is InChI=1S/C31H26Cl2N6O5/c1-3-42-29(40)24-14-21(7-10-26(24)32)20-6-5-19(13-20)16-36-39-18-35-38-31(39)37-34-17-23-9-12-28(44-23)22-8-11-27(33)25(15-22)30(41)43-4-2/h5-12,14-18H,3-4,13H2,1-2H3,(H,37,38)/b34-17-,36-16-. The molecule has 0 aliphatic heterocycles. The van der Waals surface area contributed by atoms with E-state index in [1.54, 1.807) is 62.5 Å². The molecule has 0 saturated carbocycles. The quantitative estimate of drug-likeness (QED) is 0.107. The van der Waals surface area contributed by atoms with Gasteiger partial charge in [0.15, 0.2) is 0 Å². The van der Waals surface area contributed by atoms with Crippen LogP contribution < -0.4 is 5.43 Å². The van der Waals surface area contributed by atoms with E-state index < -0.39 is 11.9 Å². The number of furan rings is 1. The van der Waals surface area contributed by atoms with E-state index in [1.165, 1.54) is 17.2 Å². The molecule has 1 N–H and O–H groups in total. The lowest BCUT2D eigenvalue weighted by atomic mass is 10.0. The number of halogens is 2. The van der Waals surface area contributed by atoms with Crippen LogP contribution in [0, 0.1) is 0 Å². The molecule has 224 valence electrons. The number of hydrogen-bond donors (Lipinski definition) is 1. The second-order valence-electron chi connectivity index (χ2n) is 9.26. The summed E-state index contributed by atoms with van der Waals surface area (Å²) in [6.07, 6.45) is 9.12. The molecule has 2 aromatic heterocycles. The molecule has 2 heterocycles. The Morgan fingerprint density at radius 2 is 1.64 bits per heavy atom. The molecule has 0 spiro atoms. The summed E-state index contributed by atoms with van der Waals surface area (Å²) in [5.74, 6) is 0.301. The number of carbonyl (C=O) groups is 2. The maximum atomic E-state index is 12.2. The Balaban J connectivity index is 1.19. The first-order valence-electron chi connectivity index (χ1n) is 13.5. The van der Waals surface area contributed by atoms with Crippen LogP contribution in [0.2, 0.25) is 10.0 Å². The molecule has 0 bridgehead atoms. The van der Waals surface area contributed by atoms with Gasteiger partial charge in [-0.15, -0.1) is 10.2 Å². The zero-order valence-electron chi connectivity index (χ0n) is 23.7. The van der Waals surface area contributed by atoms with Gasteiger partial charge in [-0.25, -0.2) is 15.0 Å². The molecule has 1 aliphatic carbocycles. The lowest BCUT2D eigenvalue weighted by molar-refractivity contribution is 0.0517. The average molecular weight is 633 g/mol. The lowest BCUT2D eigenvalue weighted by Gasteiger charge is -2.08. The van der Waals surface area contributed by atoms with Crippen molar-refractivity contribution in [2.45, 2.75) is 20.3 Å². The van der Waals surface area contributed by atoms with Gasteiger partial charge in [-0.1, -0.05) is 41.4 Å². The van der Waals surface area contributed by atoms with E-state index in [0.29, 0.717) is 39.1 Å². The molecule has 44 heavy (non-hydrogen) atoms. The Morgan fingerprint density at radius 3 is 2.34 bits per heavy atom. The van der Waals surface area contributed by atoms with Gasteiger partial charge in [0.25, 0.3) is 5.95 Å². The summed E-state index contributed by atoms with van der Waals surface area (Å²) in [6, 6.07) is 13.8. The fourth-order valence-corrected chi connectivity index (χ4v) is 4.61. The van der Waals surface area contributed by atoms with E-state index in [9.17, 15) is 9.59 Å². The third kappa shape index (κ3) is 7.13. The van der Waals surface area contributed by atoms with E-state index in [4.69, 9.17) is 37.1 Å². The molecule has 0 unspecified atom stereocenters. The minimum atomic E-state index is -0.504. The van der Waals surface area contributed by atoms with Gasteiger partial charge in [0, 0.05) is 5.56 Å². The predicted octanol–water partition coefficient (Wildman–Crippen LogP) is 6.89. The summed E-state index contributed by atoms with van der Waals surface area (Å²) in [7, 11) is 0. The van der Waals surface area contributed by atoms with Crippen molar-refractivity contribution in [2.24, 2.45) is 10.2 Å². The van der Waals surface area contributed by atoms with Crippen molar-refractivity contribution in [3.05, 3.63) is 105 Å². The van der Waals surface area contributed by atoms with Gasteiger partial charge in [-0.2, -0.15) is 14.9 Å². The van der Waals surface area contributed by atoms with Crippen molar-refractivity contribution >= 4 is 59.1 Å². The number of benzene rings is 2. The number of hydrazone groups is 1. The van der Waals surface area contributed by atoms with E-state index in [0.717, 1.165) is 16.7 Å². The van der Waals surface area contributed by atoms with Gasteiger partial charge in [-0.05, 0) is 79.4 Å². The Bertz CT molecular complexity index is 1820. The van der Waals surface area contributed by atoms with Crippen LogP contribution in [0.15, 0.2) is 87.2 Å². The van der Waals surface area contributed by atoms with E-state index >= 15 is 0 Å². The second kappa shape index (κ2) is 14.0. The summed E-state index contributed by atoms with van der Waals surface area (Å²) >= 11 is 12.4. The number of nitrogens with one attached hydrogen (secondary N) is 1. The highest BCUT2D eigenvalue weighted by Crippen LogP contribution is 2.31. The van der Waals surface area contributed by atoms with E-state index in [-0.39, 0.29) is 24.7 Å².